The Hall–Kier alpha value is -3.43. The number of nitrogens with zero attached hydrogens (tertiary/aromatic N) is 4. The van der Waals surface area contributed by atoms with Gasteiger partial charge in [0.1, 0.15) is 11.5 Å². The number of sulfonamides is 1. The topological polar surface area (TPSA) is 117 Å². The number of halogens is 5. The Labute approximate surface area is 177 Å². The van der Waals surface area contributed by atoms with Crippen LogP contribution in [0.1, 0.15) is 5.56 Å². The Morgan fingerprint density at radius 2 is 1.81 bits per heavy atom. The summed E-state index contributed by atoms with van der Waals surface area (Å²) in [5.41, 5.74) is -0.958. The largest absolute Gasteiger partial charge is 0.491 e. The van der Waals surface area contributed by atoms with Gasteiger partial charge in [-0.25, -0.2) is 30.7 Å². The maximum Gasteiger partial charge on any atom is 0.319 e. The first kappa shape index (κ1) is 23.2. The van der Waals surface area contributed by atoms with Crippen LogP contribution in [0.5, 0.6) is 17.5 Å². The monoisotopic (exact) mass is 483 g/mol. The van der Waals surface area contributed by atoms with Crippen molar-refractivity contribution in [2.45, 2.75) is 18.2 Å². The van der Waals surface area contributed by atoms with Crippen molar-refractivity contribution in [2.24, 2.45) is 0 Å². The Morgan fingerprint density at radius 3 is 2.41 bits per heavy atom. The molecule has 0 fully saturated rings. The Bertz CT molecular complexity index is 1240. The second-order valence-electron chi connectivity index (χ2n) is 6.02. The summed E-state index contributed by atoms with van der Waals surface area (Å²) in [6.45, 7) is -0.675. The summed E-state index contributed by atoms with van der Waals surface area (Å²) in [6.07, 6.45) is -1.94. The van der Waals surface area contributed by atoms with Crippen molar-refractivity contribution in [3.8, 4) is 17.5 Å². The van der Waals surface area contributed by atoms with Crippen molar-refractivity contribution in [1.29, 1.82) is 0 Å². The van der Waals surface area contributed by atoms with E-state index in [1.54, 1.807) is 0 Å². The number of rotatable bonds is 8. The van der Waals surface area contributed by atoms with Crippen LogP contribution in [-0.4, -0.2) is 55.3 Å². The molecule has 1 aromatic carbocycles. The molecular formula is C16H14F5N5O5S. The Morgan fingerprint density at radius 1 is 1.12 bits per heavy atom. The van der Waals surface area contributed by atoms with E-state index < -0.39 is 62.7 Å². The lowest BCUT2D eigenvalue weighted by Gasteiger charge is -2.16. The molecule has 0 atom stereocenters. The highest BCUT2D eigenvalue weighted by atomic mass is 32.2. The van der Waals surface area contributed by atoms with E-state index in [4.69, 9.17) is 9.47 Å². The average molecular weight is 483 g/mol. The van der Waals surface area contributed by atoms with Crippen LogP contribution in [0.25, 0.3) is 5.65 Å². The van der Waals surface area contributed by atoms with Gasteiger partial charge in [0.05, 0.1) is 20.4 Å². The lowest BCUT2D eigenvalue weighted by atomic mass is 10.2. The summed E-state index contributed by atoms with van der Waals surface area (Å²) in [5.74, 6) is -8.00. The molecule has 174 valence electrons. The average Bonchev–Trinajstić information content (AvgIpc) is 3.15. The number of ether oxygens (including phenoxy) is 3. The van der Waals surface area contributed by atoms with E-state index >= 15 is 0 Å². The molecule has 0 aliphatic carbocycles. The zero-order valence-electron chi connectivity index (χ0n) is 16.5. The summed E-state index contributed by atoms with van der Waals surface area (Å²) >= 11 is 0. The van der Waals surface area contributed by atoms with Crippen molar-refractivity contribution in [3.05, 3.63) is 29.2 Å². The third-order valence-corrected chi connectivity index (χ3v) is 5.49. The highest BCUT2D eigenvalue weighted by Gasteiger charge is 2.33. The molecule has 0 aliphatic heterocycles. The van der Waals surface area contributed by atoms with E-state index in [-0.39, 0.29) is 17.4 Å². The maximum absolute atomic E-state index is 14.2. The van der Waals surface area contributed by atoms with E-state index in [0.29, 0.717) is 0 Å². The smallest absolute Gasteiger partial charge is 0.319 e. The summed E-state index contributed by atoms with van der Waals surface area (Å²) < 4.78 is 110. The fourth-order valence-electron chi connectivity index (χ4n) is 2.66. The molecule has 2 aromatic heterocycles. The minimum absolute atomic E-state index is 0.0422. The maximum atomic E-state index is 14.2. The summed E-state index contributed by atoms with van der Waals surface area (Å²) in [7, 11) is -2.45. The molecule has 16 heteroatoms. The van der Waals surface area contributed by atoms with Gasteiger partial charge in [-0.3, -0.25) is 0 Å². The second-order valence-corrected chi connectivity index (χ2v) is 7.64. The van der Waals surface area contributed by atoms with E-state index in [9.17, 15) is 30.4 Å². The number of aromatic nitrogens is 4. The molecule has 0 unspecified atom stereocenters. The minimum atomic E-state index is -4.98. The molecule has 0 aliphatic rings. The van der Waals surface area contributed by atoms with Crippen LogP contribution in [-0.2, 0) is 10.0 Å². The summed E-state index contributed by atoms with van der Waals surface area (Å²) in [4.78, 5) is 6.52. The quantitative estimate of drug-likeness (QED) is 0.383. The predicted octanol–water partition coefficient (Wildman–Crippen LogP) is 2.31. The van der Waals surface area contributed by atoms with Gasteiger partial charge in [0.25, 0.3) is 22.4 Å². The van der Waals surface area contributed by atoms with Crippen LogP contribution in [0.15, 0.2) is 11.1 Å². The number of benzene rings is 1. The van der Waals surface area contributed by atoms with Crippen molar-refractivity contribution in [3.63, 3.8) is 0 Å². The van der Waals surface area contributed by atoms with E-state index in [1.807, 2.05) is 4.72 Å². The molecular weight excluding hydrogens is 469 g/mol. The van der Waals surface area contributed by atoms with Gasteiger partial charge >= 0.3 is 6.01 Å². The van der Waals surface area contributed by atoms with Gasteiger partial charge < -0.3 is 14.2 Å². The fraction of sp³-hybridized carbons (Fsp3) is 0.312. The van der Waals surface area contributed by atoms with Crippen LogP contribution in [0.2, 0.25) is 0 Å². The zero-order valence-corrected chi connectivity index (χ0v) is 17.3. The molecule has 0 radical (unpaired) electrons. The van der Waals surface area contributed by atoms with Crippen LogP contribution in [0.3, 0.4) is 0 Å². The van der Waals surface area contributed by atoms with E-state index in [1.165, 1.54) is 20.4 Å². The van der Waals surface area contributed by atoms with Gasteiger partial charge in [-0.05, 0) is 6.92 Å². The lowest BCUT2D eigenvalue weighted by Crippen LogP contribution is -2.20. The molecule has 2 heterocycles. The third kappa shape index (κ3) is 4.04. The molecule has 0 bridgehead atoms. The predicted molar refractivity (Wildman–Crippen MR) is 97.2 cm³/mol. The molecule has 3 aromatic rings. The molecule has 32 heavy (non-hydrogen) atoms. The minimum Gasteiger partial charge on any atom is -0.491 e. The first-order chi connectivity index (χ1) is 15.0. The van der Waals surface area contributed by atoms with Crippen LogP contribution >= 0.6 is 0 Å². The standard InChI is InChI=1S/C16H14F5N5O5S/c1-6-9(19)10(20)11(21)12(31-5-8(17)18)13(6)32(27,28)25-15-23-14-7(29-2)4-22-16(30-3)26(14)24-15/h4,8H,5H2,1-3H3,(H,24,25). The van der Waals surface area contributed by atoms with E-state index in [0.717, 1.165) is 11.4 Å². The van der Waals surface area contributed by atoms with Gasteiger partial charge in [0.2, 0.25) is 11.5 Å². The fourth-order valence-corrected chi connectivity index (χ4v) is 3.97. The second kappa shape index (κ2) is 8.60. The number of anilines is 1. The highest BCUT2D eigenvalue weighted by Crippen LogP contribution is 2.36. The number of nitrogens with one attached hydrogen (secondary N) is 1. The summed E-state index contributed by atoms with van der Waals surface area (Å²) in [5, 5.41) is 3.82. The van der Waals surface area contributed by atoms with Crippen molar-refractivity contribution >= 4 is 21.6 Å². The third-order valence-electron chi connectivity index (χ3n) is 4.01. The van der Waals surface area contributed by atoms with Crippen molar-refractivity contribution in [1.82, 2.24) is 19.6 Å². The van der Waals surface area contributed by atoms with Crippen LogP contribution in [0, 0.1) is 24.4 Å². The van der Waals surface area contributed by atoms with Crippen molar-refractivity contribution < 1.29 is 44.6 Å². The number of methoxy groups -OCH3 is 2. The van der Waals surface area contributed by atoms with Gasteiger partial charge in [0.15, 0.2) is 23.1 Å². The Kier molecular flexibility index (Phi) is 6.25. The van der Waals surface area contributed by atoms with Gasteiger partial charge in [-0.2, -0.15) is 18.9 Å². The molecule has 0 spiro atoms. The molecule has 1 N–H and O–H groups in total. The molecule has 3 rings (SSSR count). The number of hydrogen-bond acceptors (Lipinski definition) is 8. The number of hydrogen-bond donors (Lipinski definition) is 1. The lowest BCUT2D eigenvalue weighted by molar-refractivity contribution is 0.0775. The molecule has 0 saturated carbocycles. The SMILES string of the molecule is COc1cnc(OC)n2nc(NS(=O)(=O)c3c(C)c(F)c(F)c(F)c3OCC(F)F)nc12. The van der Waals surface area contributed by atoms with Gasteiger partial charge in [-0.15, -0.1) is 5.10 Å². The molecule has 0 saturated heterocycles. The molecule has 10 nitrogen and oxygen atoms in total. The first-order valence-corrected chi connectivity index (χ1v) is 9.94. The van der Waals surface area contributed by atoms with E-state index in [2.05, 4.69) is 19.8 Å². The molecule has 0 amide bonds. The normalized spacial score (nSPS) is 11.8. The van der Waals surface area contributed by atoms with Crippen LogP contribution in [0.4, 0.5) is 27.9 Å². The van der Waals surface area contributed by atoms with Gasteiger partial charge in [-0.1, -0.05) is 0 Å². The summed E-state index contributed by atoms with van der Waals surface area (Å²) in [6, 6.07) is -0.116. The number of fused-ring (bicyclic) bond motifs is 1. The van der Waals surface area contributed by atoms with Gasteiger partial charge in [0, 0.05) is 5.56 Å². The van der Waals surface area contributed by atoms with Crippen molar-refractivity contribution in [2.75, 3.05) is 25.5 Å². The zero-order chi connectivity index (χ0) is 23.8. The number of alkyl halides is 2. The Balaban J connectivity index is 2.14. The first-order valence-electron chi connectivity index (χ1n) is 8.46. The van der Waals surface area contributed by atoms with Crippen LogP contribution < -0.4 is 18.9 Å². The highest BCUT2D eigenvalue weighted by molar-refractivity contribution is 7.92.